The standard InChI is InChI=1S/C29H36N4O3S/c1-4-37(35,36)24-14-12-23(30-17-24)13-15-29(34)32-18-25(21-8-6-5-7-9-21)26(19-32)28-16-27(22-10-11-22)31-33(28)20(2)3/h5-9,12,14,16-17,20,22,25-26H,4,10-11,13,15,18-19H2,1-3H3. The zero-order valence-electron chi connectivity index (χ0n) is 21.9. The molecule has 1 saturated heterocycles. The molecule has 0 radical (unpaired) electrons. The number of nitrogens with zero attached hydrogens (tertiary/aromatic N) is 4. The van der Waals surface area contributed by atoms with E-state index in [0.29, 0.717) is 31.8 Å². The van der Waals surface area contributed by atoms with Gasteiger partial charge >= 0.3 is 0 Å². The Morgan fingerprint density at radius 1 is 1.05 bits per heavy atom. The van der Waals surface area contributed by atoms with E-state index < -0.39 is 9.84 Å². The molecule has 37 heavy (non-hydrogen) atoms. The SMILES string of the molecule is CCS(=O)(=O)c1ccc(CCC(=O)N2CC(c3ccccc3)C(c3cc(C4CC4)nn3C(C)C)C2)nc1. The highest BCUT2D eigenvalue weighted by molar-refractivity contribution is 7.91. The van der Waals surface area contributed by atoms with Gasteiger partial charge in [0.1, 0.15) is 0 Å². The summed E-state index contributed by atoms with van der Waals surface area (Å²) >= 11 is 0. The van der Waals surface area contributed by atoms with Gasteiger partial charge in [0.25, 0.3) is 0 Å². The van der Waals surface area contributed by atoms with Crippen molar-refractivity contribution in [1.82, 2.24) is 19.7 Å². The van der Waals surface area contributed by atoms with Crippen LogP contribution in [-0.2, 0) is 21.1 Å². The lowest BCUT2D eigenvalue weighted by atomic mass is 9.86. The number of carbonyl (C=O) groups excluding carboxylic acids is 1. The third kappa shape index (κ3) is 5.49. The van der Waals surface area contributed by atoms with E-state index in [1.165, 1.54) is 36.0 Å². The first-order chi connectivity index (χ1) is 17.8. The molecule has 2 atom stereocenters. The van der Waals surface area contributed by atoms with Gasteiger partial charge in [-0.05, 0) is 56.9 Å². The van der Waals surface area contributed by atoms with E-state index in [1.807, 2.05) is 11.0 Å². The van der Waals surface area contributed by atoms with Gasteiger partial charge in [0.05, 0.1) is 16.3 Å². The number of likely N-dealkylation sites (tertiary alicyclic amines) is 1. The lowest BCUT2D eigenvalue weighted by Gasteiger charge is -2.21. The minimum atomic E-state index is -3.28. The summed E-state index contributed by atoms with van der Waals surface area (Å²) in [6.45, 7) is 7.31. The van der Waals surface area contributed by atoms with Gasteiger partial charge in [-0.3, -0.25) is 14.5 Å². The Morgan fingerprint density at radius 3 is 2.41 bits per heavy atom. The van der Waals surface area contributed by atoms with Crippen LogP contribution >= 0.6 is 0 Å². The molecular formula is C29H36N4O3S. The maximum atomic E-state index is 13.4. The third-order valence-electron chi connectivity index (χ3n) is 7.68. The first-order valence-corrected chi connectivity index (χ1v) is 15.0. The lowest BCUT2D eigenvalue weighted by molar-refractivity contribution is -0.130. The van der Waals surface area contributed by atoms with E-state index in [2.05, 4.69) is 53.8 Å². The molecule has 2 aliphatic rings. The number of amides is 1. The van der Waals surface area contributed by atoms with Crippen LogP contribution in [0.4, 0.5) is 0 Å². The maximum Gasteiger partial charge on any atom is 0.222 e. The van der Waals surface area contributed by atoms with Crippen molar-refractivity contribution in [1.29, 1.82) is 0 Å². The average molecular weight is 521 g/mol. The number of hydrogen-bond acceptors (Lipinski definition) is 5. The van der Waals surface area contributed by atoms with E-state index in [0.717, 1.165) is 5.69 Å². The summed E-state index contributed by atoms with van der Waals surface area (Å²) in [6.07, 6.45) is 4.66. The number of carbonyl (C=O) groups is 1. The summed E-state index contributed by atoms with van der Waals surface area (Å²) in [5, 5.41) is 4.98. The van der Waals surface area contributed by atoms with Gasteiger partial charge in [0.2, 0.25) is 5.91 Å². The van der Waals surface area contributed by atoms with Gasteiger partial charge in [-0.1, -0.05) is 37.3 Å². The summed E-state index contributed by atoms with van der Waals surface area (Å²) in [5.74, 6) is 1.13. The second kappa shape index (κ2) is 10.4. The highest BCUT2D eigenvalue weighted by atomic mass is 32.2. The molecule has 196 valence electrons. The molecule has 0 N–H and O–H groups in total. The Labute approximate surface area is 219 Å². The average Bonchev–Trinajstić information content (AvgIpc) is 3.50. The number of sulfone groups is 1. The zero-order valence-corrected chi connectivity index (χ0v) is 22.7. The number of aryl methyl sites for hydroxylation is 1. The third-order valence-corrected chi connectivity index (χ3v) is 9.40. The molecule has 0 spiro atoms. The predicted octanol–water partition coefficient (Wildman–Crippen LogP) is 4.87. The number of aromatic nitrogens is 3. The van der Waals surface area contributed by atoms with Gasteiger partial charge < -0.3 is 4.90 Å². The van der Waals surface area contributed by atoms with Crippen LogP contribution < -0.4 is 0 Å². The largest absolute Gasteiger partial charge is 0.341 e. The Morgan fingerprint density at radius 2 is 1.78 bits per heavy atom. The lowest BCUT2D eigenvalue weighted by Crippen LogP contribution is -2.29. The van der Waals surface area contributed by atoms with Crippen LogP contribution in [0.15, 0.2) is 59.6 Å². The van der Waals surface area contributed by atoms with Crippen molar-refractivity contribution in [3.8, 4) is 0 Å². The maximum absolute atomic E-state index is 13.4. The van der Waals surface area contributed by atoms with Gasteiger partial charge in [-0.15, -0.1) is 0 Å². The second-order valence-electron chi connectivity index (χ2n) is 10.6. The van der Waals surface area contributed by atoms with E-state index in [4.69, 9.17) is 5.10 Å². The van der Waals surface area contributed by atoms with Crippen molar-refractivity contribution >= 4 is 15.7 Å². The number of hydrogen-bond donors (Lipinski definition) is 0. The predicted molar refractivity (Wildman–Crippen MR) is 143 cm³/mol. The summed E-state index contributed by atoms with van der Waals surface area (Å²) in [5.41, 5.74) is 4.41. The van der Waals surface area contributed by atoms with E-state index in [9.17, 15) is 13.2 Å². The van der Waals surface area contributed by atoms with Crippen LogP contribution in [0, 0.1) is 0 Å². The second-order valence-corrected chi connectivity index (χ2v) is 12.9. The monoisotopic (exact) mass is 520 g/mol. The fraction of sp³-hybridized carbons (Fsp3) is 0.483. The number of benzene rings is 1. The highest BCUT2D eigenvalue weighted by Gasteiger charge is 2.40. The summed E-state index contributed by atoms with van der Waals surface area (Å²) in [7, 11) is -3.28. The highest BCUT2D eigenvalue weighted by Crippen LogP contribution is 2.44. The summed E-state index contributed by atoms with van der Waals surface area (Å²) in [4.78, 5) is 19.9. The molecule has 1 saturated carbocycles. The summed E-state index contributed by atoms with van der Waals surface area (Å²) in [6, 6.07) is 16.4. The Bertz CT molecular complexity index is 1350. The molecule has 1 aromatic carbocycles. The minimum absolute atomic E-state index is 0.0447. The molecular weight excluding hydrogens is 484 g/mol. The van der Waals surface area contributed by atoms with E-state index in [-0.39, 0.29) is 34.4 Å². The minimum Gasteiger partial charge on any atom is -0.341 e. The Hall–Kier alpha value is -3.00. The molecule has 2 fully saturated rings. The van der Waals surface area contributed by atoms with Gasteiger partial charge in [0.15, 0.2) is 9.84 Å². The Kier molecular flexibility index (Phi) is 7.21. The molecule has 3 heterocycles. The number of rotatable bonds is 9. The van der Waals surface area contributed by atoms with Crippen LogP contribution in [0.25, 0.3) is 0 Å². The summed E-state index contributed by atoms with van der Waals surface area (Å²) < 4.78 is 26.3. The van der Waals surface area contributed by atoms with Crippen molar-refractivity contribution in [2.75, 3.05) is 18.8 Å². The molecule has 5 rings (SSSR count). The van der Waals surface area contributed by atoms with Crippen LogP contribution in [0.3, 0.4) is 0 Å². The van der Waals surface area contributed by atoms with Crippen molar-refractivity contribution in [3.63, 3.8) is 0 Å². The fourth-order valence-electron chi connectivity index (χ4n) is 5.35. The van der Waals surface area contributed by atoms with Crippen molar-refractivity contribution in [3.05, 3.63) is 77.4 Å². The van der Waals surface area contributed by atoms with Crippen LogP contribution in [0.1, 0.15) is 86.5 Å². The molecule has 7 nitrogen and oxygen atoms in total. The van der Waals surface area contributed by atoms with Crippen molar-refractivity contribution in [2.45, 2.75) is 75.1 Å². The first-order valence-electron chi connectivity index (χ1n) is 13.4. The normalized spacial score (nSPS) is 20.1. The van der Waals surface area contributed by atoms with Gasteiger partial charge in [-0.25, -0.2) is 8.42 Å². The molecule has 3 aromatic rings. The van der Waals surface area contributed by atoms with Crippen molar-refractivity contribution in [2.24, 2.45) is 0 Å². The van der Waals surface area contributed by atoms with Gasteiger partial charge in [0, 0.05) is 60.9 Å². The topological polar surface area (TPSA) is 85.2 Å². The molecule has 2 unspecified atom stereocenters. The fourth-order valence-corrected chi connectivity index (χ4v) is 6.17. The Balaban J connectivity index is 1.34. The van der Waals surface area contributed by atoms with E-state index in [1.54, 1.807) is 19.1 Å². The van der Waals surface area contributed by atoms with Crippen LogP contribution in [-0.4, -0.2) is 52.8 Å². The molecule has 0 bridgehead atoms. The molecule has 2 aromatic heterocycles. The smallest absolute Gasteiger partial charge is 0.222 e. The van der Waals surface area contributed by atoms with Crippen LogP contribution in [0.5, 0.6) is 0 Å². The molecule has 1 aliphatic heterocycles. The zero-order chi connectivity index (χ0) is 26.2. The van der Waals surface area contributed by atoms with E-state index >= 15 is 0 Å². The molecule has 8 heteroatoms. The molecule has 1 amide bonds. The quantitative estimate of drug-likeness (QED) is 0.402. The first kappa shape index (κ1) is 25.6. The van der Waals surface area contributed by atoms with Crippen LogP contribution in [0.2, 0.25) is 0 Å². The van der Waals surface area contributed by atoms with Gasteiger partial charge in [-0.2, -0.15) is 5.10 Å². The van der Waals surface area contributed by atoms with Crippen molar-refractivity contribution < 1.29 is 13.2 Å². The molecule has 1 aliphatic carbocycles. The number of pyridine rings is 1.